The van der Waals surface area contributed by atoms with E-state index in [1.807, 2.05) is 22.8 Å². The van der Waals surface area contributed by atoms with E-state index in [0.717, 1.165) is 31.0 Å². The standard InChI is InChI=1S/C22H29N7O/c1-16(2)8-12-28-19-18(26-21(28)27-11-6-9-22(3,23)15-27)13-25-29(20(19)30)14-17-7-4-5-10-24-17/h4-5,7-8,10,13H,6,9,11-12,14-15,23H2,1-3H3. The molecule has 0 aromatic carbocycles. The Morgan fingerprint density at radius 3 is 2.87 bits per heavy atom. The fourth-order valence-corrected chi connectivity index (χ4v) is 3.96. The topological polar surface area (TPSA) is 94.9 Å². The normalized spacial score (nSPS) is 19.3. The van der Waals surface area contributed by atoms with Crippen LogP contribution in [-0.2, 0) is 13.1 Å². The molecule has 0 aliphatic carbocycles. The number of anilines is 1. The van der Waals surface area contributed by atoms with Crippen LogP contribution in [-0.4, -0.2) is 42.9 Å². The molecule has 3 aromatic heterocycles. The van der Waals surface area contributed by atoms with Crippen molar-refractivity contribution in [3.8, 4) is 0 Å². The van der Waals surface area contributed by atoms with Crippen molar-refractivity contribution in [2.45, 2.75) is 52.2 Å². The van der Waals surface area contributed by atoms with Gasteiger partial charge in [-0.1, -0.05) is 17.7 Å². The van der Waals surface area contributed by atoms with E-state index in [1.54, 1.807) is 12.4 Å². The molecular weight excluding hydrogens is 378 g/mol. The monoisotopic (exact) mass is 407 g/mol. The number of nitrogens with two attached hydrogens (primary N) is 1. The Bertz CT molecular complexity index is 1120. The van der Waals surface area contributed by atoms with Gasteiger partial charge in [0.15, 0.2) is 0 Å². The summed E-state index contributed by atoms with van der Waals surface area (Å²) in [6, 6.07) is 5.65. The van der Waals surface area contributed by atoms with Gasteiger partial charge < -0.3 is 15.2 Å². The number of allylic oxidation sites excluding steroid dienone is 2. The van der Waals surface area contributed by atoms with Crippen molar-refractivity contribution in [1.29, 1.82) is 0 Å². The molecule has 158 valence electrons. The Morgan fingerprint density at radius 2 is 2.17 bits per heavy atom. The average molecular weight is 408 g/mol. The van der Waals surface area contributed by atoms with Gasteiger partial charge in [0.1, 0.15) is 11.0 Å². The van der Waals surface area contributed by atoms with Crippen LogP contribution in [0.4, 0.5) is 5.95 Å². The summed E-state index contributed by atoms with van der Waals surface area (Å²) in [6.07, 6.45) is 7.49. The smallest absolute Gasteiger partial charge is 0.293 e. The summed E-state index contributed by atoms with van der Waals surface area (Å²) in [5.74, 6) is 0.786. The van der Waals surface area contributed by atoms with Crippen LogP contribution in [0.2, 0.25) is 0 Å². The molecule has 8 heteroatoms. The van der Waals surface area contributed by atoms with Crippen LogP contribution in [0.1, 0.15) is 39.3 Å². The molecule has 4 heterocycles. The lowest BCUT2D eigenvalue weighted by Gasteiger charge is -2.38. The maximum absolute atomic E-state index is 13.4. The van der Waals surface area contributed by atoms with Gasteiger partial charge in [-0.2, -0.15) is 5.10 Å². The first kappa shape index (κ1) is 20.3. The highest BCUT2D eigenvalue weighted by Crippen LogP contribution is 2.26. The second-order valence-corrected chi connectivity index (χ2v) is 8.65. The summed E-state index contributed by atoms with van der Waals surface area (Å²) >= 11 is 0. The summed E-state index contributed by atoms with van der Waals surface area (Å²) < 4.78 is 3.46. The van der Waals surface area contributed by atoms with Crippen LogP contribution < -0.4 is 16.2 Å². The first-order valence-corrected chi connectivity index (χ1v) is 10.4. The molecule has 0 radical (unpaired) electrons. The predicted molar refractivity (Wildman–Crippen MR) is 119 cm³/mol. The molecule has 0 spiro atoms. The van der Waals surface area contributed by atoms with Crippen LogP contribution in [0.25, 0.3) is 11.0 Å². The highest BCUT2D eigenvalue weighted by Gasteiger charge is 2.30. The number of imidazole rings is 1. The Hall–Kier alpha value is -3.00. The number of piperidine rings is 1. The molecule has 0 amide bonds. The molecule has 1 fully saturated rings. The van der Waals surface area contributed by atoms with E-state index in [0.29, 0.717) is 30.7 Å². The van der Waals surface area contributed by atoms with Crippen molar-refractivity contribution in [3.63, 3.8) is 0 Å². The summed E-state index contributed by atoms with van der Waals surface area (Å²) in [5.41, 5.74) is 9.16. The third kappa shape index (κ3) is 4.14. The molecule has 1 unspecified atom stereocenters. The zero-order valence-electron chi connectivity index (χ0n) is 17.9. The second kappa shape index (κ2) is 8.02. The largest absolute Gasteiger partial charge is 0.340 e. The van der Waals surface area contributed by atoms with Crippen molar-refractivity contribution < 1.29 is 0 Å². The summed E-state index contributed by atoms with van der Waals surface area (Å²) in [7, 11) is 0. The van der Waals surface area contributed by atoms with Gasteiger partial charge in [0.2, 0.25) is 5.95 Å². The molecule has 30 heavy (non-hydrogen) atoms. The van der Waals surface area contributed by atoms with E-state index in [2.05, 4.69) is 41.8 Å². The lowest BCUT2D eigenvalue weighted by molar-refractivity contribution is 0.370. The first-order valence-electron chi connectivity index (χ1n) is 10.4. The maximum Gasteiger partial charge on any atom is 0.293 e. The molecule has 0 bridgehead atoms. The fourth-order valence-electron chi connectivity index (χ4n) is 3.96. The minimum Gasteiger partial charge on any atom is -0.340 e. The van der Waals surface area contributed by atoms with Gasteiger partial charge in [-0.3, -0.25) is 9.78 Å². The van der Waals surface area contributed by atoms with Crippen LogP contribution in [0.15, 0.2) is 47.0 Å². The number of hydrogen-bond donors (Lipinski definition) is 1. The van der Waals surface area contributed by atoms with Gasteiger partial charge in [-0.25, -0.2) is 9.67 Å². The lowest BCUT2D eigenvalue weighted by Crippen LogP contribution is -2.52. The number of hydrogen-bond acceptors (Lipinski definition) is 6. The number of aromatic nitrogens is 5. The Kier molecular flexibility index (Phi) is 5.42. The summed E-state index contributed by atoms with van der Waals surface area (Å²) in [4.78, 5) is 24.7. The van der Waals surface area contributed by atoms with Crippen LogP contribution >= 0.6 is 0 Å². The van der Waals surface area contributed by atoms with Crippen LogP contribution in [0.5, 0.6) is 0 Å². The number of nitrogens with zero attached hydrogens (tertiary/aromatic N) is 6. The Labute approximate surface area is 176 Å². The third-order valence-electron chi connectivity index (χ3n) is 5.46. The van der Waals surface area contributed by atoms with E-state index in [1.165, 1.54) is 10.3 Å². The van der Waals surface area contributed by atoms with E-state index in [4.69, 9.17) is 10.7 Å². The van der Waals surface area contributed by atoms with Gasteiger partial charge in [0.25, 0.3) is 5.56 Å². The van der Waals surface area contributed by atoms with E-state index >= 15 is 0 Å². The van der Waals surface area contributed by atoms with Crippen molar-refractivity contribution in [2.75, 3.05) is 18.0 Å². The highest BCUT2D eigenvalue weighted by molar-refractivity contribution is 5.77. The van der Waals surface area contributed by atoms with Gasteiger partial charge in [-0.05, 0) is 45.7 Å². The molecule has 1 atom stereocenters. The molecule has 1 saturated heterocycles. The number of rotatable bonds is 5. The SMILES string of the molecule is CC(C)=CCn1c(N2CCCC(C)(N)C2)nc2cnn(Cc3ccccn3)c(=O)c21. The molecule has 3 aromatic rings. The molecule has 1 aliphatic heterocycles. The molecule has 4 rings (SSSR count). The molecule has 0 saturated carbocycles. The van der Waals surface area contributed by atoms with Gasteiger partial charge in [0, 0.05) is 31.4 Å². The van der Waals surface area contributed by atoms with Crippen LogP contribution in [0, 0.1) is 0 Å². The van der Waals surface area contributed by atoms with Gasteiger partial charge >= 0.3 is 0 Å². The Balaban J connectivity index is 1.82. The average Bonchev–Trinajstić information content (AvgIpc) is 3.08. The third-order valence-corrected chi connectivity index (χ3v) is 5.46. The molecular formula is C22H29N7O. The minimum absolute atomic E-state index is 0.161. The Morgan fingerprint density at radius 1 is 1.33 bits per heavy atom. The van der Waals surface area contributed by atoms with E-state index in [9.17, 15) is 4.79 Å². The highest BCUT2D eigenvalue weighted by atomic mass is 16.1. The van der Waals surface area contributed by atoms with Crippen LogP contribution in [0.3, 0.4) is 0 Å². The number of pyridine rings is 1. The molecule has 2 N–H and O–H groups in total. The van der Waals surface area contributed by atoms with E-state index < -0.39 is 0 Å². The van der Waals surface area contributed by atoms with Gasteiger partial charge in [0.05, 0.1) is 18.4 Å². The predicted octanol–water partition coefficient (Wildman–Crippen LogP) is 2.32. The summed E-state index contributed by atoms with van der Waals surface area (Å²) in [5, 5.41) is 4.35. The quantitative estimate of drug-likeness (QED) is 0.652. The first-order chi connectivity index (χ1) is 14.3. The zero-order valence-corrected chi connectivity index (χ0v) is 17.9. The minimum atomic E-state index is -0.269. The lowest BCUT2D eigenvalue weighted by atomic mass is 9.93. The maximum atomic E-state index is 13.4. The van der Waals surface area contributed by atoms with Gasteiger partial charge in [-0.15, -0.1) is 0 Å². The summed E-state index contributed by atoms with van der Waals surface area (Å²) in [6.45, 7) is 8.66. The van der Waals surface area contributed by atoms with Crippen molar-refractivity contribution in [3.05, 3.63) is 58.3 Å². The van der Waals surface area contributed by atoms with Crippen molar-refractivity contribution in [2.24, 2.45) is 5.73 Å². The number of fused-ring (bicyclic) bond motifs is 1. The van der Waals surface area contributed by atoms with Crippen molar-refractivity contribution >= 4 is 17.0 Å². The zero-order chi connectivity index (χ0) is 21.3. The molecule has 1 aliphatic rings. The fraction of sp³-hybridized carbons (Fsp3) is 0.455. The second-order valence-electron chi connectivity index (χ2n) is 8.65. The van der Waals surface area contributed by atoms with E-state index in [-0.39, 0.29) is 11.1 Å². The van der Waals surface area contributed by atoms with Crippen molar-refractivity contribution in [1.82, 2.24) is 24.3 Å². The molecule has 8 nitrogen and oxygen atoms in total.